The van der Waals surface area contributed by atoms with Crippen molar-refractivity contribution in [3.63, 3.8) is 0 Å². The summed E-state index contributed by atoms with van der Waals surface area (Å²) in [5, 5.41) is 0. The van der Waals surface area contributed by atoms with Crippen LogP contribution in [0.3, 0.4) is 0 Å². The smallest absolute Gasteiger partial charge is 0.337 e. The summed E-state index contributed by atoms with van der Waals surface area (Å²) < 4.78 is 26.3. The van der Waals surface area contributed by atoms with Crippen LogP contribution in [0.4, 0.5) is 0 Å². The van der Waals surface area contributed by atoms with Gasteiger partial charge in [-0.05, 0) is 44.5 Å². The number of esters is 2. The Labute approximate surface area is 164 Å². The SMILES string of the molecule is C/C=C(\C)C(=O)OC/C(=C\C)C(=O)OC/C=C/c1cc(OC)c2c(c1)OCO2. The Kier molecular flexibility index (Phi) is 7.68. The summed E-state index contributed by atoms with van der Waals surface area (Å²) in [6.07, 6.45) is 6.68. The summed E-state index contributed by atoms with van der Waals surface area (Å²) in [6, 6.07) is 3.61. The zero-order chi connectivity index (χ0) is 20.5. The van der Waals surface area contributed by atoms with Crippen molar-refractivity contribution in [1.29, 1.82) is 0 Å². The number of carbonyl (C=O) groups excluding carboxylic acids is 2. The minimum Gasteiger partial charge on any atom is -0.493 e. The normalized spacial score (nSPS) is 13.6. The highest BCUT2D eigenvalue weighted by Gasteiger charge is 2.19. The minimum atomic E-state index is -0.540. The third-order valence-electron chi connectivity index (χ3n) is 4.03. The molecule has 28 heavy (non-hydrogen) atoms. The highest BCUT2D eigenvalue weighted by molar-refractivity contribution is 5.91. The highest BCUT2D eigenvalue weighted by Crippen LogP contribution is 2.42. The molecule has 0 atom stereocenters. The molecule has 0 saturated carbocycles. The van der Waals surface area contributed by atoms with Crippen LogP contribution in [0.2, 0.25) is 0 Å². The number of benzene rings is 1. The lowest BCUT2D eigenvalue weighted by Gasteiger charge is -2.08. The molecule has 7 nitrogen and oxygen atoms in total. The van der Waals surface area contributed by atoms with Crippen molar-refractivity contribution in [3.8, 4) is 17.2 Å². The van der Waals surface area contributed by atoms with Crippen molar-refractivity contribution in [1.82, 2.24) is 0 Å². The van der Waals surface area contributed by atoms with E-state index in [9.17, 15) is 9.59 Å². The van der Waals surface area contributed by atoms with Crippen molar-refractivity contribution in [2.24, 2.45) is 0 Å². The Morgan fingerprint density at radius 1 is 1.11 bits per heavy atom. The van der Waals surface area contributed by atoms with E-state index in [2.05, 4.69) is 0 Å². The number of hydrogen-bond donors (Lipinski definition) is 0. The van der Waals surface area contributed by atoms with Gasteiger partial charge in [-0.3, -0.25) is 0 Å². The van der Waals surface area contributed by atoms with Crippen LogP contribution < -0.4 is 14.2 Å². The van der Waals surface area contributed by atoms with Gasteiger partial charge in [0.15, 0.2) is 11.5 Å². The molecular weight excluding hydrogens is 364 g/mol. The van der Waals surface area contributed by atoms with E-state index in [4.69, 9.17) is 23.7 Å². The molecular formula is C21H24O7. The maximum absolute atomic E-state index is 12.1. The Bertz CT molecular complexity index is 818. The van der Waals surface area contributed by atoms with E-state index in [1.54, 1.807) is 58.3 Å². The lowest BCUT2D eigenvalue weighted by atomic mass is 10.1. The van der Waals surface area contributed by atoms with Gasteiger partial charge in [0.25, 0.3) is 0 Å². The molecule has 0 N–H and O–H groups in total. The van der Waals surface area contributed by atoms with E-state index >= 15 is 0 Å². The Hall–Kier alpha value is -3.22. The minimum absolute atomic E-state index is 0.0643. The molecule has 1 aliphatic heterocycles. The molecule has 0 aromatic heterocycles. The van der Waals surface area contributed by atoms with E-state index in [1.165, 1.54) is 0 Å². The van der Waals surface area contributed by atoms with E-state index in [0.29, 0.717) is 22.8 Å². The first-order chi connectivity index (χ1) is 13.5. The molecule has 0 spiro atoms. The second-order valence-electron chi connectivity index (χ2n) is 5.82. The number of carbonyl (C=O) groups is 2. The van der Waals surface area contributed by atoms with Gasteiger partial charge in [-0.1, -0.05) is 18.2 Å². The van der Waals surface area contributed by atoms with Crippen LogP contribution in [-0.2, 0) is 19.1 Å². The number of methoxy groups -OCH3 is 1. The molecule has 1 heterocycles. The largest absolute Gasteiger partial charge is 0.493 e. The molecule has 150 valence electrons. The molecule has 0 fully saturated rings. The van der Waals surface area contributed by atoms with Crippen LogP contribution >= 0.6 is 0 Å². The van der Waals surface area contributed by atoms with Gasteiger partial charge in [0.05, 0.1) is 12.7 Å². The summed E-state index contributed by atoms with van der Waals surface area (Å²) in [5.41, 5.74) is 1.57. The predicted octanol–water partition coefficient (Wildman–Crippen LogP) is 3.44. The molecule has 0 aliphatic carbocycles. The molecule has 0 amide bonds. The maximum Gasteiger partial charge on any atom is 0.337 e. The predicted molar refractivity (Wildman–Crippen MR) is 103 cm³/mol. The van der Waals surface area contributed by atoms with Crippen LogP contribution in [0.15, 0.2) is 41.5 Å². The summed E-state index contributed by atoms with van der Waals surface area (Å²) in [5.74, 6) is 0.741. The second-order valence-corrected chi connectivity index (χ2v) is 5.82. The van der Waals surface area contributed by atoms with Gasteiger partial charge < -0.3 is 23.7 Å². The molecule has 7 heteroatoms. The highest BCUT2D eigenvalue weighted by atomic mass is 16.7. The second kappa shape index (κ2) is 10.2. The number of hydrogen-bond acceptors (Lipinski definition) is 7. The van der Waals surface area contributed by atoms with Crippen LogP contribution in [0.25, 0.3) is 6.08 Å². The first-order valence-electron chi connectivity index (χ1n) is 8.76. The van der Waals surface area contributed by atoms with Crippen molar-refractivity contribution < 1.29 is 33.3 Å². The Morgan fingerprint density at radius 3 is 2.57 bits per heavy atom. The fourth-order valence-electron chi connectivity index (χ4n) is 2.28. The van der Waals surface area contributed by atoms with Gasteiger partial charge in [0, 0.05) is 5.57 Å². The molecule has 0 unspecified atom stereocenters. The van der Waals surface area contributed by atoms with Gasteiger partial charge in [-0.15, -0.1) is 0 Å². The first kappa shape index (κ1) is 21.1. The summed E-state index contributed by atoms with van der Waals surface area (Å²) in [6.45, 7) is 5.15. The van der Waals surface area contributed by atoms with Crippen molar-refractivity contribution in [2.75, 3.05) is 27.1 Å². The number of allylic oxidation sites excluding steroid dienone is 2. The average Bonchev–Trinajstić information content (AvgIpc) is 3.18. The third-order valence-corrected chi connectivity index (χ3v) is 4.03. The lowest BCUT2D eigenvalue weighted by Crippen LogP contribution is -2.16. The van der Waals surface area contributed by atoms with Gasteiger partial charge in [-0.2, -0.15) is 0 Å². The number of fused-ring (bicyclic) bond motifs is 1. The van der Waals surface area contributed by atoms with Crippen molar-refractivity contribution in [3.05, 3.63) is 47.1 Å². The van der Waals surface area contributed by atoms with Crippen LogP contribution in [0, 0.1) is 0 Å². The van der Waals surface area contributed by atoms with Gasteiger partial charge in [0.1, 0.15) is 13.2 Å². The molecule has 0 bridgehead atoms. The topological polar surface area (TPSA) is 80.3 Å². The maximum atomic E-state index is 12.1. The monoisotopic (exact) mass is 388 g/mol. The van der Waals surface area contributed by atoms with Crippen LogP contribution in [-0.4, -0.2) is 39.1 Å². The molecule has 2 rings (SSSR count). The van der Waals surface area contributed by atoms with Crippen molar-refractivity contribution >= 4 is 18.0 Å². The Balaban J connectivity index is 1.88. The van der Waals surface area contributed by atoms with Gasteiger partial charge in [-0.25, -0.2) is 9.59 Å². The van der Waals surface area contributed by atoms with Crippen molar-refractivity contribution in [2.45, 2.75) is 20.8 Å². The van der Waals surface area contributed by atoms with E-state index in [1.807, 2.05) is 6.07 Å². The molecule has 0 radical (unpaired) electrons. The molecule has 0 saturated heterocycles. The van der Waals surface area contributed by atoms with Crippen LogP contribution in [0.5, 0.6) is 17.2 Å². The summed E-state index contributed by atoms with van der Waals surface area (Å²) in [7, 11) is 1.55. The number of rotatable bonds is 8. The average molecular weight is 388 g/mol. The quantitative estimate of drug-likeness (QED) is 0.498. The summed E-state index contributed by atoms with van der Waals surface area (Å²) >= 11 is 0. The molecule has 1 aromatic carbocycles. The van der Waals surface area contributed by atoms with Gasteiger partial charge in [0.2, 0.25) is 12.5 Å². The summed E-state index contributed by atoms with van der Waals surface area (Å²) in [4.78, 5) is 23.8. The standard InChI is InChI=1S/C21H24O7/c1-5-14(3)20(22)26-12-16(6-2)21(23)25-9-7-8-15-10-17(24-4)19-18(11-15)27-13-28-19/h5-8,10-11H,9,12-13H2,1-4H3/b8-7+,14-5+,16-6+. The molecule has 1 aliphatic rings. The van der Waals surface area contributed by atoms with Crippen LogP contribution in [0.1, 0.15) is 26.3 Å². The zero-order valence-electron chi connectivity index (χ0n) is 16.4. The van der Waals surface area contributed by atoms with E-state index in [0.717, 1.165) is 5.56 Å². The van der Waals surface area contributed by atoms with Gasteiger partial charge >= 0.3 is 11.9 Å². The fraction of sp³-hybridized carbons (Fsp3) is 0.333. The zero-order valence-corrected chi connectivity index (χ0v) is 16.4. The fourth-order valence-corrected chi connectivity index (χ4v) is 2.28. The third kappa shape index (κ3) is 5.39. The number of ether oxygens (including phenoxy) is 5. The van der Waals surface area contributed by atoms with E-state index in [-0.39, 0.29) is 25.6 Å². The van der Waals surface area contributed by atoms with E-state index < -0.39 is 11.9 Å². The molecule has 1 aromatic rings. The Morgan fingerprint density at radius 2 is 1.89 bits per heavy atom. The lowest BCUT2D eigenvalue weighted by molar-refractivity contribution is -0.141. The first-order valence-corrected chi connectivity index (χ1v) is 8.76.